The Kier molecular flexibility index (Phi) is 6.45. The van der Waals surface area contributed by atoms with Crippen LogP contribution in [0.15, 0.2) is 72.9 Å². The van der Waals surface area contributed by atoms with E-state index in [2.05, 4.69) is 48.0 Å². The third-order valence-electron chi connectivity index (χ3n) is 6.82. The zero-order chi connectivity index (χ0) is 24.4. The van der Waals surface area contributed by atoms with Crippen molar-refractivity contribution in [2.75, 3.05) is 25.5 Å². The molecule has 6 nitrogen and oxygen atoms in total. The van der Waals surface area contributed by atoms with Gasteiger partial charge in [-0.05, 0) is 54.7 Å². The molecular formula is C29H32N4O2. The van der Waals surface area contributed by atoms with E-state index in [9.17, 15) is 4.79 Å². The number of nitrogens with zero attached hydrogens (tertiary/aromatic N) is 3. The molecule has 1 saturated heterocycles. The maximum Gasteiger partial charge on any atom is 0.321 e. The standard InChI is InChI=1S/C29H32N4O2/c1-20(2)24-13-4-5-14-25(24)30-29(34)32-16-9-11-22(19-32)28-31-27(26-15-6-7-17-33(26)28)21-10-8-12-23(18-21)35-3/h4-8,10,12-15,17-18,20,22H,9,11,16,19H2,1-3H3,(H,30,34). The molecule has 6 heteroatoms. The highest BCUT2D eigenvalue weighted by atomic mass is 16.5. The number of urea groups is 1. The lowest BCUT2D eigenvalue weighted by atomic mass is 9.97. The summed E-state index contributed by atoms with van der Waals surface area (Å²) in [5, 5.41) is 3.16. The number of pyridine rings is 1. The molecule has 5 rings (SSSR count). The second-order valence-corrected chi connectivity index (χ2v) is 9.46. The molecule has 1 N–H and O–H groups in total. The third kappa shape index (κ3) is 4.61. The van der Waals surface area contributed by atoms with Gasteiger partial charge in [0.25, 0.3) is 0 Å². The number of aromatic nitrogens is 2. The number of fused-ring (bicyclic) bond motifs is 1. The number of imidazole rings is 1. The van der Waals surface area contributed by atoms with Crippen molar-refractivity contribution < 1.29 is 9.53 Å². The minimum atomic E-state index is -0.0447. The second-order valence-electron chi connectivity index (χ2n) is 9.46. The summed E-state index contributed by atoms with van der Waals surface area (Å²) in [6.07, 6.45) is 4.01. The number of likely N-dealkylation sites (tertiary alicyclic amines) is 1. The number of benzene rings is 2. The van der Waals surface area contributed by atoms with E-state index in [4.69, 9.17) is 9.72 Å². The van der Waals surface area contributed by atoms with E-state index >= 15 is 0 Å². The van der Waals surface area contributed by atoms with Crippen molar-refractivity contribution in [2.24, 2.45) is 0 Å². The fourth-order valence-electron chi connectivity index (χ4n) is 5.01. The minimum absolute atomic E-state index is 0.0447. The van der Waals surface area contributed by atoms with Crippen LogP contribution in [0.25, 0.3) is 16.8 Å². The minimum Gasteiger partial charge on any atom is -0.497 e. The van der Waals surface area contributed by atoms with Gasteiger partial charge in [-0.1, -0.05) is 50.2 Å². The Morgan fingerprint density at radius 1 is 1.09 bits per heavy atom. The number of amides is 2. The van der Waals surface area contributed by atoms with Gasteiger partial charge in [-0.15, -0.1) is 0 Å². The van der Waals surface area contributed by atoms with Gasteiger partial charge in [0.05, 0.1) is 18.3 Å². The van der Waals surface area contributed by atoms with Gasteiger partial charge in [0, 0.05) is 36.5 Å². The van der Waals surface area contributed by atoms with E-state index < -0.39 is 0 Å². The number of carbonyl (C=O) groups excluding carboxylic acids is 1. The highest BCUT2D eigenvalue weighted by molar-refractivity contribution is 5.90. The fraction of sp³-hybridized carbons (Fsp3) is 0.310. The lowest BCUT2D eigenvalue weighted by molar-refractivity contribution is 0.191. The molecule has 3 heterocycles. The van der Waals surface area contributed by atoms with E-state index in [1.165, 1.54) is 0 Å². The van der Waals surface area contributed by atoms with E-state index in [-0.39, 0.29) is 11.9 Å². The molecule has 1 fully saturated rings. The second kappa shape index (κ2) is 9.82. The molecule has 4 aromatic rings. The molecule has 1 aliphatic heterocycles. The molecule has 0 aliphatic carbocycles. The highest BCUT2D eigenvalue weighted by Gasteiger charge is 2.29. The largest absolute Gasteiger partial charge is 0.497 e. The number of carbonyl (C=O) groups is 1. The summed E-state index contributed by atoms with van der Waals surface area (Å²) < 4.78 is 7.61. The first-order valence-corrected chi connectivity index (χ1v) is 12.3. The van der Waals surface area contributed by atoms with Crippen LogP contribution in [0.3, 0.4) is 0 Å². The van der Waals surface area contributed by atoms with Crippen molar-refractivity contribution in [1.82, 2.24) is 14.3 Å². The van der Waals surface area contributed by atoms with Crippen LogP contribution >= 0.6 is 0 Å². The number of para-hydroxylation sites is 1. The Labute approximate surface area is 206 Å². The molecule has 0 saturated carbocycles. The van der Waals surface area contributed by atoms with Gasteiger partial charge in [0.15, 0.2) is 0 Å². The number of ether oxygens (including phenoxy) is 1. The van der Waals surface area contributed by atoms with Gasteiger partial charge in [-0.25, -0.2) is 9.78 Å². The molecule has 180 valence electrons. The number of hydrogen-bond acceptors (Lipinski definition) is 3. The van der Waals surface area contributed by atoms with Gasteiger partial charge >= 0.3 is 6.03 Å². The SMILES string of the molecule is COc1cccc(-c2nc(C3CCCN(C(=O)Nc4ccccc4C(C)C)C3)n3ccccc23)c1. The molecule has 0 spiro atoms. The van der Waals surface area contributed by atoms with Crippen LogP contribution in [0, 0.1) is 0 Å². The highest BCUT2D eigenvalue weighted by Crippen LogP contribution is 2.33. The van der Waals surface area contributed by atoms with Crippen LogP contribution in [0.4, 0.5) is 10.5 Å². The van der Waals surface area contributed by atoms with Gasteiger partial charge in [-0.2, -0.15) is 0 Å². The first-order chi connectivity index (χ1) is 17.0. The lowest BCUT2D eigenvalue weighted by Gasteiger charge is -2.32. The molecule has 0 radical (unpaired) electrons. The Balaban J connectivity index is 1.42. The molecule has 1 unspecified atom stereocenters. The van der Waals surface area contributed by atoms with Crippen LogP contribution in [0.1, 0.15) is 49.9 Å². The molecular weight excluding hydrogens is 436 g/mol. The third-order valence-corrected chi connectivity index (χ3v) is 6.82. The van der Waals surface area contributed by atoms with Gasteiger partial charge in [0.1, 0.15) is 11.6 Å². The van der Waals surface area contributed by atoms with E-state index in [1.54, 1.807) is 7.11 Å². The summed E-state index contributed by atoms with van der Waals surface area (Å²) in [5.74, 6) is 2.30. The van der Waals surface area contributed by atoms with Crippen LogP contribution in [-0.2, 0) is 0 Å². The first-order valence-electron chi connectivity index (χ1n) is 12.3. The van der Waals surface area contributed by atoms with Crippen molar-refractivity contribution in [3.8, 4) is 17.0 Å². The molecule has 2 amide bonds. The molecule has 1 aliphatic rings. The zero-order valence-electron chi connectivity index (χ0n) is 20.6. The van der Waals surface area contributed by atoms with Crippen molar-refractivity contribution in [2.45, 2.75) is 38.5 Å². The van der Waals surface area contributed by atoms with E-state index in [0.717, 1.165) is 59.0 Å². The molecule has 2 aromatic heterocycles. The monoisotopic (exact) mass is 468 g/mol. The van der Waals surface area contributed by atoms with Crippen molar-refractivity contribution in [3.05, 3.63) is 84.3 Å². The van der Waals surface area contributed by atoms with Gasteiger partial charge < -0.3 is 19.4 Å². The molecule has 1 atom stereocenters. The van der Waals surface area contributed by atoms with Crippen molar-refractivity contribution >= 4 is 17.2 Å². The topological polar surface area (TPSA) is 58.9 Å². The number of piperidine rings is 1. The fourth-order valence-corrected chi connectivity index (χ4v) is 5.01. The number of hydrogen-bond donors (Lipinski definition) is 1. The average Bonchev–Trinajstić information content (AvgIpc) is 3.29. The summed E-state index contributed by atoms with van der Waals surface area (Å²) in [7, 11) is 1.68. The Hall–Kier alpha value is -3.80. The zero-order valence-corrected chi connectivity index (χ0v) is 20.6. The predicted molar refractivity (Wildman–Crippen MR) is 140 cm³/mol. The predicted octanol–water partition coefficient (Wildman–Crippen LogP) is 6.54. The average molecular weight is 469 g/mol. The maximum absolute atomic E-state index is 13.3. The number of anilines is 1. The first kappa shape index (κ1) is 23.0. The summed E-state index contributed by atoms with van der Waals surface area (Å²) in [6, 6.07) is 22.2. The van der Waals surface area contributed by atoms with Crippen molar-refractivity contribution in [3.63, 3.8) is 0 Å². The molecule has 2 aromatic carbocycles. The molecule has 35 heavy (non-hydrogen) atoms. The normalized spacial score (nSPS) is 16.0. The summed E-state index contributed by atoms with van der Waals surface area (Å²) in [6.45, 7) is 5.68. The molecule has 0 bridgehead atoms. The number of nitrogens with one attached hydrogen (secondary N) is 1. The quantitative estimate of drug-likeness (QED) is 0.362. The van der Waals surface area contributed by atoms with Crippen molar-refractivity contribution in [1.29, 1.82) is 0 Å². The smallest absolute Gasteiger partial charge is 0.321 e. The van der Waals surface area contributed by atoms with Crippen LogP contribution in [0.5, 0.6) is 5.75 Å². The van der Waals surface area contributed by atoms with E-state index in [0.29, 0.717) is 12.5 Å². The van der Waals surface area contributed by atoms with Gasteiger partial charge in [-0.3, -0.25) is 0 Å². The summed E-state index contributed by atoms with van der Waals surface area (Å²) in [4.78, 5) is 20.3. The summed E-state index contributed by atoms with van der Waals surface area (Å²) in [5.41, 5.74) is 5.06. The van der Waals surface area contributed by atoms with E-state index in [1.807, 2.05) is 53.4 Å². The van der Waals surface area contributed by atoms with Crippen LogP contribution in [-0.4, -0.2) is 40.5 Å². The number of rotatable bonds is 5. The van der Waals surface area contributed by atoms with Crippen LogP contribution < -0.4 is 10.1 Å². The Bertz CT molecular complexity index is 1340. The maximum atomic E-state index is 13.3. The lowest BCUT2D eigenvalue weighted by Crippen LogP contribution is -2.42. The number of methoxy groups -OCH3 is 1. The Morgan fingerprint density at radius 2 is 1.91 bits per heavy atom. The van der Waals surface area contributed by atoms with Gasteiger partial charge in [0.2, 0.25) is 0 Å². The summed E-state index contributed by atoms with van der Waals surface area (Å²) >= 11 is 0. The van der Waals surface area contributed by atoms with Crippen LogP contribution in [0.2, 0.25) is 0 Å². The Morgan fingerprint density at radius 3 is 2.74 bits per heavy atom.